The second-order valence-corrected chi connectivity index (χ2v) is 6.70. The van der Waals surface area contributed by atoms with Crippen LogP contribution >= 0.6 is 0 Å². The zero-order chi connectivity index (χ0) is 18.5. The lowest BCUT2D eigenvalue weighted by Crippen LogP contribution is -2.32. The van der Waals surface area contributed by atoms with Gasteiger partial charge in [-0.1, -0.05) is 6.07 Å². The summed E-state index contributed by atoms with van der Waals surface area (Å²) >= 11 is 0. The average Bonchev–Trinajstić information content (AvgIpc) is 3.20. The molecule has 2 aliphatic rings. The van der Waals surface area contributed by atoms with Gasteiger partial charge in [-0.15, -0.1) is 0 Å². The van der Waals surface area contributed by atoms with Gasteiger partial charge in [0.1, 0.15) is 6.54 Å². The molecule has 1 aromatic rings. The summed E-state index contributed by atoms with van der Waals surface area (Å²) in [5, 5.41) is 5.58. The molecule has 2 aliphatic heterocycles. The predicted octanol–water partition coefficient (Wildman–Crippen LogP) is 1.69. The fourth-order valence-corrected chi connectivity index (χ4v) is 3.28. The lowest BCUT2D eigenvalue weighted by Gasteiger charge is -2.16. The highest BCUT2D eigenvalue weighted by atomic mass is 16.2. The summed E-state index contributed by atoms with van der Waals surface area (Å²) in [7, 11) is 1.58. The molecule has 0 saturated carbocycles. The molecule has 8 heteroatoms. The van der Waals surface area contributed by atoms with Crippen LogP contribution in [0.3, 0.4) is 0 Å². The van der Waals surface area contributed by atoms with E-state index in [1.807, 2.05) is 0 Å². The molecule has 0 spiro atoms. The van der Waals surface area contributed by atoms with Crippen molar-refractivity contribution >= 4 is 29.3 Å². The predicted molar refractivity (Wildman–Crippen MR) is 99.3 cm³/mol. The van der Waals surface area contributed by atoms with Gasteiger partial charge in [-0.05, 0) is 57.1 Å². The number of rotatable bonds is 6. The van der Waals surface area contributed by atoms with E-state index in [2.05, 4.69) is 15.5 Å². The number of nitrogens with one attached hydrogen (secondary N) is 2. The summed E-state index contributed by atoms with van der Waals surface area (Å²) in [5.74, 6) is -0.277. The first-order chi connectivity index (χ1) is 12.5. The van der Waals surface area contributed by atoms with E-state index in [0.29, 0.717) is 17.9 Å². The van der Waals surface area contributed by atoms with Gasteiger partial charge >= 0.3 is 12.1 Å². The van der Waals surface area contributed by atoms with Gasteiger partial charge in [-0.3, -0.25) is 4.79 Å². The number of carbonyl (C=O) groups excluding carboxylic acids is 3. The van der Waals surface area contributed by atoms with E-state index in [-0.39, 0.29) is 24.5 Å². The number of anilines is 2. The van der Waals surface area contributed by atoms with Crippen LogP contribution in [0.5, 0.6) is 0 Å². The van der Waals surface area contributed by atoms with Crippen molar-refractivity contribution < 1.29 is 14.4 Å². The molecule has 3 rings (SSSR count). The first kappa shape index (κ1) is 18.2. The molecule has 5 amide bonds. The van der Waals surface area contributed by atoms with Crippen LogP contribution in [0.1, 0.15) is 19.3 Å². The van der Waals surface area contributed by atoms with Crippen molar-refractivity contribution in [2.75, 3.05) is 50.0 Å². The summed E-state index contributed by atoms with van der Waals surface area (Å²) in [6.45, 7) is 3.98. The fraction of sp³-hybridized carbons (Fsp3) is 0.500. The third-order valence-corrected chi connectivity index (χ3v) is 4.64. The Hall–Kier alpha value is -2.61. The maximum absolute atomic E-state index is 12.1. The molecule has 2 heterocycles. The zero-order valence-corrected chi connectivity index (χ0v) is 15.0. The average molecular weight is 359 g/mol. The van der Waals surface area contributed by atoms with Crippen LogP contribution in [0.2, 0.25) is 0 Å². The Balaban J connectivity index is 1.49. The molecule has 0 radical (unpaired) electrons. The third-order valence-electron chi connectivity index (χ3n) is 4.64. The molecule has 0 atom stereocenters. The summed E-state index contributed by atoms with van der Waals surface area (Å²) in [6.07, 6.45) is 3.45. The number of benzene rings is 1. The highest BCUT2D eigenvalue weighted by Crippen LogP contribution is 2.23. The molecule has 140 valence electrons. The number of imide groups is 1. The Kier molecular flexibility index (Phi) is 5.72. The Bertz CT molecular complexity index is 687. The molecule has 1 aromatic carbocycles. The Labute approximate surface area is 153 Å². The Morgan fingerprint density at radius 2 is 1.96 bits per heavy atom. The van der Waals surface area contributed by atoms with Crippen molar-refractivity contribution in [3.05, 3.63) is 24.3 Å². The first-order valence-electron chi connectivity index (χ1n) is 9.00. The minimum Gasteiger partial charge on any atom is -0.338 e. The minimum absolute atomic E-state index is 0.0635. The summed E-state index contributed by atoms with van der Waals surface area (Å²) < 4.78 is 0. The molecule has 26 heavy (non-hydrogen) atoms. The molecule has 0 aromatic heterocycles. The molecular weight excluding hydrogens is 334 g/mol. The van der Waals surface area contributed by atoms with Gasteiger partial charge in [0.15, 0.2) is 0 Å². The van der Waals surface area contributed by atoms with Crippen LogP contribution in [-0.2, 0) is 4.79 Å². The molecule has 0 unspecified atom stereocenters. The van der Waals surface area contributed by atoms with Crippen molar-refractivity contribution in [1.29, 1.82) is 0 Å². The van der Waals surface area contributed by atoms with E-state index in [4.69, 9.17) is 0 Å². The lowest BCUT2D eigenvalue weighted by atomic mass is 10.2. The second-order valence-electron chi connectivity index (χ2n) is 6.70. The fourth-order valence-electron chi connectivity index (χ4n) is 3.28. The van der Waals surface area contributed by atoms with E-state index in [9.17, 15) is 14.4 Å². The number of nitrogens with zero attached hydrogens (tertiary/aromatic N) is 3. The molecule has 2 fully saturated rings. The van der Waals surface area contributed by atoms with Gasteiger partial charge in [0.25, 0.3) is 5.91 Å². The van der Waals surface area contributed by atoms with E-state index >= 15 is 0 Å². The molecule has 8 nitrogen and oxygen atoms in total. The minimum atomic E-state index is -0.362. The largest absolute Gasteiger partial charge is 0.338 e. The van der Waals surface area contributed by atoms with Crippen LogP contribution in [0.4, 0.5) is 21.0 Å². The molecule has 0 aliphatic carbocycles. The van der Waals surface area contributed by atoms with Crippen LogP contribution in [0.25, 0.3) is 0 Å². The number of amides is 5. The van der Waals surface area contributed by atoms with Crippen LogP contribution in [-0.4, -0.2) is 67.5 Å². The van der Waals surface area contributed by atoms with Crippen LogP contribution in [0.15, 0.2) is 24.3 Å². The number of hydrogen-bond acceptors (Lipinski definition) is 4. The van der Waals surface area contributed by atoms with Crippen molar-refractivity contribution in [3.63, 3.8) is 0 Å². The highest BCUT2D eigenvalue weighted by Gasteiger charge is 2.34. The van der Waals surface area contributed by atoms with Crippen molar-refractivity contribution in [2.45, 2.75) is 19.3 Å². The van der Waals surface area contributed by atoms with Crippen molar-refractivity contribution in [3.8, 4) is 0 Å². The maximum Gasteiger partial charge on any atom is 0.331 e. The summed E-state index contributed by atoms with van der Waals surface area (Å²) in [5.41, 5.74) is 0.992. The van der Waals surface area contributed by atoms with E-state index in [0.717, 1.165) is 31.0 Å². The highest BCUT2D eigenvalue weighted by molar-refractivity contribution is 6.19. The summed E-state index contributed by atoms with van der Waals surface area (Å²) in [4.78, 5) is 41.0. The number of carbonyl (C=O) groups is 3. The van der Waals surface area contributed by atoms with Crippen molar-refractivity contribution in [1.82, 2.24) is 15.1 Å². The smallest absolute Gasteiger partial charge is 0.331 e. The number of urea groups is 2. The van der Waals surface area contributed by atoms with E-state index in [1.54, 1.807) is 31.3 Å². The SMILES string of the molecule is CN1CC(=O)N(c2cccc(NC(=O)NCCCN3CCCC3)c2)C1=O. The van der Waals surface area contributed by atoms with Gasteiger partial charge in [-0.2, -0.15) is 0 Å². The second kappa shape index (κ2) is 8.18. The molecule has 2 saturated heterocycles. The Morgan fingerprint density at radius 3 is 2.65 bits per heavy atom. The number of likely N-dealkylation sites (N-methyl/N-ethyl adjacent to an activating group) is 1. The van der Waals surface area contributed by atoms with Gasteiger partial charge in [0.05, 0.1) is 5.69 Å². The number of likely N-dealkylation sites (tertiary alicyclic amines) is 1. The monoisotopic (exact) mass is 359 g/mol. The number of hydrogen-bond donors (Lipinski definition) is 2. The molecular formula is C18H25N5O3. The maximum atomic E-state index is 12.1. The summed E-state index contributed by atoms with van der Waals surface area (Å²) in [6, 6.07) is 6.07. The van der Waals surface area contributed by atoms with Gasteiger partial charge in [-0.25, -0.2) is 14.5 Å². The topological polar surface area (TPSA) is 85.0 Å². The standard InChI is InChI=1S/C18H25N5O3/c1-21-13-16(24)23(18(21)26)15-7-4-6-14(12-15)20-17(25)19-8-5-11-22-9-2-3-10-22/h4,6-7,12H,2-3,5,8-11,13H2,1H3,(H2,19,20,25). The van der Waals surface area contributed by atoms with E-state index < -0.39 is 0 Å². The van der Waals surface area contributed by atoms with Gasteiger partial charge in [0.2, 0.25) is 0 Å². The van der Waals surface area contributed by atoms with E-state index in [1.165, 1.54) is 17.7 Å². The van der Waals surface area contributed by atoms with Crippen molar-refractivity contribution in [2.24, 2.45) is 0 Å². The normalized spacial score (nSPS) is 17.9. The van der Waals surface area contributed by atoms with Crippen LogP contribution < -0.4 is 15.5 Å². The van der Waals surface area contributed by atoms with Gasteiger partial charge in [0, 0.05) is 19.3 Å². The van der Waals surface area contributed by atoms with Gasteiger partial charge < -0.3 is 20.4 Å². The Morgan fingerprint density at radius 1 is 1.19 bits per heavy atom. The first-order valence-corrected chi connectivity index (χ1v) is 9.00. The third kappa shape index (κ3) is 4.32. The molecule has 0 bridgehead atoms. The van der Waals surface area contributed by atoms with Crippen LogP contribution in [0, 0.1) is 0 Å². The molecule has 2 N–H and O–H groups in total. The lowest BCUT2D eigenvalue weighted by molar-refractivity contribution is -0.116. The zero-order valence-electron chi connectivity index (χ0n) is 15.0. The quantitative estimate of drug-likeness (QED) is 0.598.